The molecule has 34 heavy (non-hydrogen) atoms. The Morgan fingerprint density at radius 3 is 2.44 bits per heavy atom. The van der Waals surface area contributed by atoms with Crippen LogP contribution in [0.15, 0.2) is 30.3 Å². The third-order valence-electron chi connectivity index (χ3n) is 7.15. The van der Waals surface area contributed by atoms with Crippen molar-refractivity contribution < 1.29 is 34.6 Å². The van der Waals surface area contributed by atoms with Gasteiger partial charge in [0.2, 0.25) is 0 Å². The molecular weight excluding hydrogens is 460 g/mol. The van der Waals surface area contributed by atoms with Crippen LogP contribution in [0.4, 0.5) is 0 Å². The van der Waals surface area contributed by atoms with E-state index in [-0.39, 0.29) is 0 Å². The summed E-state index contributed by atoms with van der Waals surface area (Å²) in [6.07, 6.45) is -0.0399. The molecule has 7 nitrogen and oxygen atoms in total. The van der Waals surface area contributed by atoms with Crippen molar-refractivity contribution in [1.82, 2.24) is 0 Å². The Bertz CT molecular complexity index is 1000. The predicted molar refractivity (Wildman–Crippen MR) is 126 cm³/mol. The van der Waals surface area contributed by atoms with Gasteiger partial charge in [0.05, 0.1) is 24.3 Å². The van der Waals surface area contributed by atoms with Gasteiger partial charge in [-0.3, -0.25) is 0 Å². The number of hydrogen-bond acceptors (Lipinski definition) is 7. The Balaban J connectivity index is 1.42. The molecule has 0 bridgehead atoms. The van der Waals surface area contributed by atoms with Crippen LogP contribution >= 0.6 is 11.6 Å². The summed E-state index contributed by atoms with van der Waals surface area (Å²) in [5.74, 6) is 1.42. The number of aliphatic hydroxyl groups excluding tert-OH is 4. The number of benzene rings is 2. The molecule has 0 radical (unpaired) electrons. The number of hydrogen-bond donors (Lipinski definition) is 4. The minimum Gasteiger partial charge on any atom is -0.491 e. The first kappa shape index (κ1) is 23.9. The zero-order valence-electron chi connectivity index (χ0n) is 18.9. The van der Waals surface area contributed by atoms with Crippen molar-refractivity contribution in [3.63, 3.8) is 0 Å². The summed E-state index contributed by atoms with van der Waals surface area (Å²) < 4.78 is 17.7. The lowest BCUT2D eigenvalue weighted by molar-refractivity contribution is -0.231. The summed E-state index contributed by atoms with van der Waals surface area (Å²) in [5, 5.41) is 41.3. The molecule has 0 amide bonds. The van der Waals surface area contributed by atoms with Crippen molar-refractivity contribution in [2.75, 3.05) is 13.2 Å². The molecule has 0 aromatic heterocycles. The topological polar surface area (TPSA) is 109 Å². The van der Waals surface area contributed by atoms with Crippen LogP contribution in [0.5, 0.6) is 11.5 Å². The van der Waals surface area contributed by atoms with E-state index in [9.17, 15) is 20.4 Å². The number of aliphatic hydroxyl groups is 4. The highest BCUT2D eigenvalue weighted by molar-refractivity contribution is 6.33. The molecule has 184 valence electrons. The Morgan fingerprint density at radius 1 is 1.00 bits per heavy atom. The van der Waals surface area contributed by atoms with Crippen LogP contribution in [-0.2, 0) is 17.6 Å². The third kappa shape index (κ3) is 4.53. The van der Waals surface area contributed by atoms with Gasteiger partial charge in [0.15, 0.2) is 0 Å². The second kappa shape index (κ2) is 10.0. The first-order valence-corrected chi connectivity index (χ1v) is 12.4. The van der Waals surface area contributed by atoms with Gasteiger partial charge in [-0.2, -0.15) is 0 Å². The van der Waals surface area contributed by atoms with Crippen LogP contribution in [0.2, 0.25) is 5.02 Å². The molecule has 5 atom stereocenters. The molecule has 2 aromatic carbocycles. The highest BCUT2D eigenvalue weighted by Gasteiger charge is 2.45. The fourth-order valence-electron chi connectivity index (χ4n) is 5.26. The maximum atomic E-state index is 10.7. The van der Waals surface area contributed by atoms with Gasteiger partial charge in [0.1, 0.15) is 42.0 Å². The van der Waals surface area contributed by atoms with E-state index in [1.54, 1.807) is 0 Å². The van der Waals surface area contributed by atoms with Crippen molar-refractivity contribution in [2.45, 2.75) is 75.1 Å². The molecule has 1 aliphatic carbocycles. The van der Waals surface area contributed by atoms with Crippen LogP contribution in [0, 0.1) is 0 Å². The lowest BCUT2D eigenvalue weighted by Crippen LogP contribution is -2.55. The summed E-state index contributed by atoms with van der Waals surface area (Å²) in [4.78, 5) is 0. The van der Waals surface area contributed by atoms with E-state index < -0.39 is 37.1 Å². The van der Waals surface area contributed by atoms with Crippen molar-refractivity contribution in [3.8, 4) is 11.5 Å². The molecule has 8 heteroatoms. The zero-order chi connectivity index (χ0) is 23.8. The van der Waals surface area contributed by atoms with E-state index in [0.29, 0.717) is 41.9 Å². The summed E-state index contributed by atoms with van der Waals surface area (Å²) in [5.41, 5.74) is 3.32. The van der Waals surface area contributed by atoms with Gasteiger partial charge in [-0.1, -0.05) is 29.8 Å². The lowest BCUT2D eigenvalue weighted by Gasteiger charge is -2.40. The summed E-state index contributed by atoms with van der Waals surface area (Å²) >= 11 is 6.72. The smallest absolute Gasteiger partial charge is 0.141 e. The normalized spacial score (nSPS) is 29.1. The number of fused-ring (bicyclic) bond motifs is 1. The fraction of sp³-hybridized carbons (Fsp3) is 0.538. The van der Waals surface area contributed by atoms with Gasteiger partial charge in [0, 0.05) is 12.0 Å². The lowest BCUT2D eigenvalue weighted by atomic mass is 9.87. The second-order valence-electron chi connectivity index (χ2n) is 9.44. The van der Waals surface area contributed by atoms with Crippen molar-refractivity contribution >= 4 is 11.6 Å². The summed E-state index contributed by atoms with van der Waals surface area (Å²) in [6, 6.07) is 9.86. The molecule has 2 aromatic rings. The Labute approximate surface area is 203 Å². The standard InChI is InChI=1S/C26H31ClO7/c27-21-15(11-14-5-7-17(8-6-14)33-16-3-1-2-4-16)12-19(18-9-10-32-25(18)21)26-24(31)23(30)22(29)20(13-28)34-26/h5-8,12,16,20,22-24,26,28-31H,1-4,9-11,13H2/t20-,22-,23+,24-,26+/m1/s1. The molecule has 2 aliphatic heterocycles. The van der Waals surface area contributed by atoms with Gasteiger partial charge in [-0.15, -0.1) is 0 Å². The molecule has 4 N–H and O–H groups in total. The molecule has 2 fully saturated rings. The first-order chi connectivity index (χ1) is 16.5. The SMILES string of the molecule is OC[C@H]1O[C@@H](c2cc(Cc3ccc(OC4CCCC4)cc3)c(Cl)c3c2CCO3)[C@H](O)[C@@H](O)[C@@H]1O. The molecule has 0 spiro atoms. The highest BCUT2D eigenvalue weighted by atomic mass is 35.5. The summed E-state index contributed by atoms with van der Waals surface area (Å²) in [7, 11) is 0. The molecule has 1 saturated carbocycles. The van der Waals surface area contributed by atoms with E-state index in [1.165, 1.54) is 12.8 Å². The number of ether oxygens (including phenoxy) is 3. The quantitative estimate of drug-likeness (QED) is 0.493. The van der Waals surface area contributed by atoms with Gasteiger partial charge in [-0.05, 0) is 60.9 Å². The average Bonchev–Trinajstić information content (AvgIpc) is 3.54. The third-order valence-corrected chi connectivity index (χ3v) is 7.57. The van der Waals surface area contributed by atoms with Gasteiger partial charge >= 0.3 is 0 Å². The number of halogens is 1. The summed E-state index contributed by atoms with van der Waals surface area (Å²) in [6.45, 7) is -0.0218. The molecular formula is C26H31ClO7. The maximum Gasteiger partial charge on any atom is 0.141 e. The van der Waals surface area contributed by atoms with Crippen LogP contribution < -0.4 is 9.47 Å². The van der Waals surface area contributed by atoms with Crippen LogP contribution in [0.25, 0.3) is 0 Å². The second-order valence-corrected chi connectivity index (χ2v) is 9.82. The highest BCUT2D eigenvalue weighted by Crippen LogP contribution is 2.44. The molecule has 3 aliphatic rings. The minimum absolute atomic E-state index is 0.301. The molecule has 5 rings (SSSR count). The Kier molecular flexibility index (Phi) is 7.02. The Morgan fingerprint density at radius 2 is 1.74 bits per heavy atom. The van der Waals surface area contributed by atoms with Gasteiger partial charge in [-0.25, -0.2) is 0 Å². The van der Waals surface area contributed by atoms with Crippen molar-refractivity contribution in [2.24, 2.45) is 0 Å². The first-order valence-electron chi connectivity index (χ1n) is 12.0. The fourth-order valence-corrected chi connectivity index (χ4v) is 5.55. The molecule has 2 heterocycles. The zero-order valence-corrected chi connectivity index (χ0v) is 19.7. The van der Waals surface area contributed by atoms with Crippen molar-refractivity contribution in [1.29, 1.82) is 0 Å². The van der Waals surface area contributed by atoms with Crippen LogP contribution in [0.3, 0.4) is 0 Å². The predicted octanol–water partition coefficient (Wildman–Crippen LogP) is 2.70. The van der Waals surface area contributed by atoms with Crippen LogP contribution in [-0.4, -0.2) is 64.2 Å². The van der Waals surface area contributed by atoms with E-state index in [1.807, 2.05) is 30.3 Å². The minimum atomic E-state index is -1.44. The molecule has 1 saturated heterocycles. The Hall–Kier alpha value is -1.87. The average molecular weight is 491 g/mol. The van der Waals surface area contributed by atoms with Gasteiger partial charge < -0.3 is 34.6 Å². The van der Waals surface area contributed by atoms with Crippen LogP contribution in [0.1, 0.15) is 54.0 Å². The van der Waals surface area contributed by atoms with E-state index in [0.717, 1.165) is 35.3 Å². The van der Waals surface area contributed by atoms with E-state index in [4.69, 9.17) is 25.8 Å². The van der Waals surface area contributed by atoms with Gasteiger partial charge in [0.25, 0.3) is 0 Å². The number of rotatable bonds is 6. The van der Waals surface area contributed by atoms with Crippen molar-refractivity contribution in [3.05, 3.63) is 57.6 Å². The largest absolute Gasteiger partial charge is 0.491 e. The van der Waals surface area contributed by atoms with E-state index in [2.05, 4.69) is 0 Å². The molecule has 0 unspecified atom stereocenters. The monoisotopic (exact) mass is 490 g/mol. The maximum absolute atomic E-state index is 10.7. The van der Waals surface area contributed by atoms with E-state index >= 15 is 0 Å².